The van der Waals surface area contributed by atoms with Crippen LogP contribution in [0.3, 0.4) is 0 Å². The highest BCUT2D eigenvalue weighted by Crippen LogP contribution is 2.31. The molecule has 0 fully saturated rings. The zero-order valence-electron chi connectivity index (χ0n) is 15.2. The molecular formula is C19H16N6O3S. The molecule has 0 saturated carbocycles. The minimum Gasteiger partial charge on any atom is -0.486 e. The first kappa shape index (κ1) is 17.6. The van der Waals surface area contributed by atoms with Gasteiger partial charge in [0.05, 0.1) is 24.5 Å². The van der Waals surface area contributed by atoms with E-state index in [1.807, 2.05) is 42.5 Å². The highest BCUT2D eigenvalue weighted by Gasteiger charge is 2.22. The Bertz CT molecular complexity index is 1170. The fourth-order valence-corrected chi connectivity index (χ4v) is 3.58. The minimum atomic E-state index is -0.293. The van der Waals surface area contributed by atoms with Crippen LogP contribution in [0.15, 0.2) is 48.7 Å². The summed E-state index contributed by atoms with van der Waals surface area (Å²) in [5.41, 5.74) is 2.87. The Hall–Kier alpha value is -3.53. The van der Waals surface area contributed by atoms with Gasteiger partial charge in [0.2, 0.25) is 0 Å². The number of fused-ring (bicyclic) bond motifs is 2. The van der Waals surface area contributed by atoms with Crippen molar-refractivity contribution in [3.63, 3.8) is 0 Å². The maximum absolute atomic E-state index is 12.4. The van der Waals surface area contributed by atoms with Gasteiger partial charge < -0.3 is 14.8 Å². The van der Waals surface area contributed by atoms with E-state index in [1.54, 1.807) is 10.9 Å². The Morgan fingerprint density at radius 1 is 1.17 bits per heavy atom. The molecule has 146 valence electrons. The number of carbonyl (C=O) groups excluding carboxylic acids is 1. The van der Waals surface area contributed by atoms with Crippen LogP contribution in [0, 0.1) is 0 Å². The average molecular weight is 408 g/mol. The predicted molar refractivity (Wildman–Crippen MR) is 105 cm³/mol. The molecule has 1 atom stereocenters. The molecule has 9 nitrogen and oxygen atoms in total. The van der Waals surface area contributed by atoms with Gasteiger partial charge in [0, 0.05) is 6.54 Å². The topological polar surface area (TPSA) is 104 Å². The van der Waals surface area contributed by atoms with Crippen molar-refractivity contribution in [3.8, 4) is 11.5 Å². The molecule has 0 unspecified atom stereocenters. The van der Waals surface area contributed by atoms with Crippen molar-refractivity contribution in [3.05, 3.63) is 59.9 Å². The molecule has 4 aromatic rings. The van der Waals surface area contributed by atoms with Gasteiger partial charge in [0.15, 0.2) is 23.3 Å². The Balaban J connectivity index is 1.19. The van der Waals surface area contributed by atoms with Gasteiger partial charge >= 0.3 is 0 Å². The summed E-state index contributed by atoms with van der Waals surface area (Å²) in [6, 6.07) is 13.2. The number of rotatable bonds is 5. The van der Waals surface area contributed by atoms with Gasteiger partial charge in [-0.3, -0.25) is 4.79 Å². The van der Waals surface area contributed by atoms with E-state index in [2.05, 4.69) is 24.4 Å². The fourth-order valence-electron chi connectivity index (χ4n) is 3.06. The maximum Gasteiger partial charge on any atom is 0.273 e. The van der Waals surface area contributed by atoms with Crippen molar-refractivity contribution < 1.29 is 14.3 Å². The van der Waals surface area contributed by atoms with E-state index in [0.29, 0.717) is 25.4 Å². The SMILES string of the molecule is O=C(NCc1ccc2nsnc2c1)c1cn(C[C@@H]2COc3ccccc3O2)nn1. The molecule has 0 aliphatic carbocycles. The van der Waals surface area contributed by atoms with Crippen molar-refractivity contribution in [1.29, 1.82) is 0 Å². The molecule has 0 saturated heterocycles. The smallest absolute Gasteiger partial charge is 0.273 e. The van der Waals surface area contributed by atoms with Crippen molar-refractivity contribution in [2.75, 3.05) is 6.61 Å². The lowest BCUT2D eigenvalue weighted by atomic mass is 10.2. The second kappa shape index (κ2) is 7.47. The van der Waals surface area contributed by atoms with Crippen LogP contribution >= 0.6 is 11.7 Å². The van der Waals surface area contributed by atoms with Crippen molar-refractivity contribution in [2.45, 2.75) is 19.2 Å². The molecule has 0 spiro atoms. The van der Waals surface area contributed by atoms with E-state index in [0.717, 1.165) is 22.3 Å². The van der Waals surface area contributed by atoms with E-state index >= 15 is 0 Å². The number of nitrogens with one attached hydrogen (secondary N) is 1. The molecule has 2 aromatic heterocycles. The number of amides is 1. The zero-order chi connectivity index (χ0) is 19.6. The van der Waals surface area contributed by atoms with Crippen LogP contribution in [-0.2, 0) is 13.1 Å². The van der Waals surface area contributed by atoms with Gasteiger partial charge in [-0.05, 0) is 29.8 Å². The molecule has 1 aliphatic rings. The normalized spacial score (nSPS) is 15.4. The molecule has 2 aromatic carbocycles. The van der Waals surface area contributed by atoms with Gasteiger partial charge in [-0.2, -0.15) is 8.75 Å². The van der Waals surface area contributed by atoms with Crippen molar-refractivity contribution in [2.24, 2.45) is 0 Å². The first-order chi connectivity index (χ1) is 14.2. The predicted octanol–water partition coefficient (Wildman–Crippen LogP) is 2.05. The Morgan fingerprint density at radius 2 is 2.03 bits per heavy atom. The number of hydrogen-bond donors (Lipinski definition) is 1. The first-order valence-electron chi connectivity index (χ1n) is 9.02. The summed E-state index contributed by atoms with van der Waals surface area (Å²) in [5.74, 6) is 1.14. The quantitative estimate of drug-likeness (QED) is 0.539. The lowest BCUT2D eigenvalue weighted by molar-refractivity contribution is 0.0754. The molecule has 1 amide bonds. The molecule has 0 radical (unpaired) electrons. The van der Waals surface area contributed by atoms with Crippen LogP contribution < -0.4 is 14.8 Å². The third kappa shape index (κ3) is 3.74. The molecule has 1 aliphatic heterocycles. The highest BCUT2D eigenvalue weighted by atomic mass is 32.1. The standard InChI is InChI=1S/C19H16N6O3S/c26-19(20-8-12-5-6-14-15(7-12)23-29-22-14)16-10-25(24-21-16)9-13-11-27-17-3-1-2-4-18(17)28-13/h1-7,10,13H,8-9,11H2,(H,20,26)/t13-/m1/s1. The lowest BCUT2D eigenvalue weighted by Crippen LogP contribution is -2.33. The van der Waals surface area contributed by atoms with E-state index in [-0.39, 0.29) is 17.7 Å². The number of hydrogen-bond acceptors (Lipinski definition) is 8. The maximum atomic E-state index is 12.4. The zero-order valence-corrected chi connectivity index (χ0v) is 16.0. The van der Waals surface area contributed by atoms with Crippen LogP contribution in [0.2, 0.25) is 0 Å². The summed E-state index contributed by atoms with van der Waals surface area (Å²) in [6.45, 7) is 1.21. The van der Waals surface area contributed by atoms with Gasteiger partial charge in [-0.15, -0.1) is 5.10 Å². The average Bonchev–Trinajstić information content (AvgIpc) is 3.41. The number of nitrogens with zero attached hydrogens (tertiary/aromatic N) is 5. The molecule has 5 rings (SSSR count). The molecule has 29 heavy (non-hydrogen) atoms. The fraction of sp³-hybridized carbons (Fsp3) is 0.211. The summed E-state index contributed by atoms with van der Waals surface area (Å²) in [6.07, 6.45) is 1.40. The molecule has 10 heteroatoms. The van der Waals surface area contributed by atoms with Crippen molar-refractivity contribution in [1.82, 2.24) is 29.1 Å². The van der Waals surface area contributed by atoms with Gasteiger partial charge in [-0.25, -0.2) is 4.68 Å². The van der Waals surface area contributed by atoms with Gasteiger partial charge in [-0.1, -0.05) is 23.4 Å². The highest BCUT2D eigenvalue weighted by molar-refractivity contribution is 7.00. The van der Waals surface area contributed by atoms with Crippen LogP contribution in [-0.4, -0.2) is 42.4 Å². The minimum absolute atomic E-state index is 0.207. The summed E-state index contributed by atoms with van der Waals surface area (Å²) >= 11 is 1.17. The Morgan fingerprint density at radius 3 is 2.97 bits per heavy atom. The van der Waals surface area contributed by atoms with Crippen LogP contribution in [0.5, 0.6) is 11.5 Å². The summed E-state index contributed by atoms with van der Waals surface area (Å²) < 4.78 is 21.6. The second-order valence-corrected chi connectivity index (χ2v) is 7.12. The molecule has 0 bridgehead atoms. The van der Waals surface area contributed by atoms with Crippen LogP contribution in [0.25, 0.3) is 11.0 Å². The van der Waals surface area contributed by atoms with Crippen LogP contribution in [0.1, 0.15) is 16.1 Å². The Labute approximate surface area is 169 Å². The summed E-state index contributed by atoms with van der Waals surface area (Å²) in [5, 5.41) is 10.8. The first-order valence-corrected chi connectivity index (χ1v) is 9.76. The number of carbonyl (C=O) groups is 1. The third-order valence-corrected chi connectivity index (χ3v) is 5.06. The van der Waals surface area contributed by atoms with Crippen molar-refractivity contribution >= 4 is 28.7 Å². The third-order valence-electron chi connectivity index (χ3n) is 4.50. The summed E-state index contributed by atoms with van der Waals surface area (Å²) in [7, 11) is 0. The monoisotopic (exact) mass is 408 g/mol. The van der Waals surface area contributed by atoms with E-state index < -0.39 is 0 Å². The number of benzene rings is 2. The number of aromatic nitrogens is 5. The number of ether oxygens (including phenoxy) is 2. The second-order valence-electron chi connectivity index (χ2n) is 6.59. The summed E-state index contributed by atoms with van der Waals surface area (Å²) in [4.78, 5) is 12.4. The van der Waals surface area contributed by atoms with Gasteiger partial charge in [0.1, 0.15) is 17.6 Å². The van der Waals surface area contributed by atoms with E-state index in [9.17, 15) is 4.79 Å². The van der Waals surface area contributed by atoms with Crippen LogP contribution in [0.4, 0.5) is 0 Å². The lowest BCUT2D eigenvalue weighted by Gasteiger charge is -2.26. The largest absolute Gasteiger partial charge is 0.486 e. The van der Waals surface area contributed by atoms with E-state index in [4.69, 9.17) is 9.47 Å². The Kier molecular flexibility index (Phi) is 4.53. The van der Waals surface area contributed by atoms with E-state index in [1.165, 1.54) is 11.7 Å². The molecular weight excluding hydrogens is 392 g/mol. The van der Waals surface area contributed by atoms with Gasteiger partial charge in [0.25, 0.3) is 5.91 Å². The molecule has 3 heterocycles. The number of para-hydroxylation sites is 2. The molecule has 1 N–H and O–H groups in total.